The van der Waals surface area contributed by atoms with Crippen LogP contribution in [-0.4, -0.2) is 26.6 Å². The number of nitrogens with one attached hydrogen (secondary N) is 2. The van der Waals surface area contributed by atoms with E-state index < -0.39 is 0 Å². The van der Waals surface area contributed by atoms with E-state index in [1.807, 2.05) is 25.1 Å². The van der Waals surface area contributed by atoms with Crippen molar-refractivity contribution < 1.29 is 4.79 Å². The number of hydrogen-bond donors (Lipinski definition) is 2. The highest BCUT2D eigenvalue weighted by Gasteiger charge is 2.09. The summed E-state index contributed by atoms with van der Waals surface area (Å²) in [5, 5.41) is 3.75. The van der Waals surface area contributed by atoms with E-state index in [0.717, 1.165) is 15.8 Å². The number of benzene rings is 1. The van der Waals surface area contributed by atoms with Crippen molar-refractivity contribution in [2.75, 3.05) is 11.1 Å². The van der Waals surface area contributed by atoms with Gasteiger partial charge in [0.2, 0.25) is 5.91 Å². The number of carbonyl (C=O) groups is 1. The lowest BCUT2D eigenvalue weighted by Crippen LogP contribution is -2.14. The van der Waals surface area contributed by atoms with Gasteiger partial charge in [0.15, 0.2) is 10.3 Å². The maximum absolute atomic E-state index is 11.9. The maximum Gasteiger partial charge on any atom is 0.251 e. The third kappa shape index (κ3) is 3.52. The molecular formula is C14H12N4O2S2. The molecule has 3 rings (SSSR count). The number of nitrogens with zero attached hydrogens (tertiary/aromatic N) is 2. The smallest absolute Gasteiger partial charge is 0.251 e. The van der Waals surface area contributed by atoms with Gasteiger partial charge in [0, 0.05) is 12.3 Å². The number of thiazole rings is 1. The van der Waals surface area contributed by atoms with Crippen LogP contribution < -0.4 is 10.9 Å². The summed E-state index contributed by atoms with van der Waals surface area (Å²) < 4.78 is 1.04. The zero-order valence-electron chi connectivity index (χ0n) is 11.6. The van der Waals surface area contributed by atoms with Crippen LogP contribution in [0.5, 0.6) is 0 Å². The minimum Gasteiger partial charge on any atom is -0.301 e. The monoisotopic (exact) mass is 332 g/mol. The van der Waals surface area contributed by atoms with Gasteiger partial charge in [-0.3, -0.25) is 9.59 Å². The highest BCUT2D eigenvalue weighted by Crippen LogP contribution is 2.26. The first-order valence-corrected chi connectivity index (χ1v) is 8.25. The molecule has 0 bridgehead atoms. The third-order valence-electron chi connectivity index (χ3n) is 2.78. The standard InChI is InChI=1S/C14H12N4O2S2/c1-8-2-3-9-10(6-8)22-14(16-9)18-12(20)7-21-13-15-5-4-11(19)17-13/h2-6H,7H2,1H3,(H,15,17,19)(H,16,18,20). The molecular weight excluding hydrogens is 320 g/mol. The molecule has 0 aliphatic heterocycles. The second kappa shape index (κ2) is 6.29. The predicted octanol–water partition coefficient (Wildman–Crippen LogP) is 2.42. The molecule has 112 valence electrons. The summed E-state index contributed by atoms with van der Waals surface area (Å²) in [5.41, 5.74) is 1.79. The lowest BCUT2D eigenvalue weighted by Gasteiger charge is -2.00. The Bertz CT molecular complexity index is 888. The fraction of sp³-hybridized carbons (Fsp3) is 0.143. The van der Waals surface area contributed by atoms with Gasteiger partial charge in [0.25, 0.3) is 5.56 Å². The summed E-state index contributed by atoms with van der Waals surface area (Å²) >= 11 is 2.61. The summed E-state index contributed by atoms with van der Waals surface area (Å²) in [4.78, 5) is 34.0. The Balaban J connectivity index is 1.64. The van der Waals surface area contributed by atoms with Crippen LogP contribution in [0.1, 0.15) is 5.56 Å². The molecule has 0 aliphatic rings. The minimum absolute atomic E-state index is 0.155. The first kappa shape index (κ1) is 14.7. The lowest BCUT2D eigenvalue weighted by atomic mass is 10.2. The molecule has 0 saturated heterocycles. The molecule has 0 spiro atoms. The molecule has 2 heterocycles. The molecule has 0 saturated carbocycles. The Kier molecular flexibility index (Phi) is 4.21. The zero-order valence-corrected chi connectivity index (χ0v) is 13.3. The SMILES string of the molecule is Cc1ccc2nc(NC(=O)CSc3nccc(=O)[nH]3)sc2c1. The predicted molar refractivity (Wildman–Crippen MR) is 88.6 cm³/mol. The van der Waals surface area contributed by atoms with E-state index in [2.05, 4.69) is 20.3 Å². The average Bonchev–Trinajstić information content (AvgIpc) is 2.86. The molecule has 2 N–H and O–H groups in total. The van der Waals surface area contributed by atoms with Crippen molar-refractivity contribution in [1.82, 2.24) is 15.0 Å². The highest BCUT2D eigenvalue weighted by molar-refractivity contribution is 7.99. The molecule has 0 aliphatic carbocycles. The van der Waals surface area contributed by atoms with E-state index in [1.54, 1.807) is 0 Å². The second-order valence-electron chi connectivity index (χ2n) is 4.57. The van der Waals surface area contributed by atoms with Crippen molar-refractivity contribution in [3.63, 3.8) is 0 Å². The number of aromatic nitrogens is 3. The molecule has 0 fully saturated rings. The lowest BCUT2D eigenvalue weighted by molar-refractivity contribution is -0.113. The number of aryl methyl sites for hydroxylation is 1. The number of amides is 1. The molecule has 1 amide bonds. The van der Waals surface area contributed by atoms with Gasteiger partial charge < -0.3 is 10.3 Å². The number of carbonyl (C=O) groups excluding carboxylic acids is 1. The summed E-state index contributed by atoms with van der Waals surface area (Å²) in [6, 6.07) is 7.29. The molecule has 2 aromatic heterocycles. The topological polar surface area (TPSA) is 87.7 Å². The highest BCUT2D eigenvalue weighted by atomic mass is 32.2. The fourth-order valence-corrected chi connectivity index (χ4v) is 3.43. The van der Waals surface area contributed by atoms with Crippen LogP contribution >= 0.6 is 23.1 Å². The maximum atomic E-state index is 11.9. The van der Waals surface area contributed by atoms with E-state index in [0.29, 0.717) is 10.3 Å². The summed E-state index contributed by atoms with van der Waals surface area (Å²) in [6.07, 6.45) is 1.41. The van der Waals surface area contributed by atoms with Crippen molar-refractivity contribution >= 4 is 44.4 Å². The van der Waals surface area contributed by atoms with Gasteiger partial charge in [-0.2, -0.15) is 0 Å². The molecule has 8 heteroatoms. The number of H-pyrrole nitrogens is 1. The number of hydrogen-bond acceptors (Lipinski definition) is 6. The van der Waals surface area contributed by atoms with Gasteiger partial charge in [-0.25, -0.2) is 9.97 Å². The molecule has 0 radical (unpaired) electrons. The van der Waals surface area contributed by atoms with E-state index in [-0.39, 0.29) is 17.2 Å². The first-order valence-electron chi connectivity index (χ1n) is 6.45. The van der Waals surface area contributed by atoms with E-state index in [1.165, 1.54) is 35.4 Å². The van der Waals surface area contributed by atoms with Gasteiger partial charge >= 0.3 is 0 Å². The van der Waals surface area contributed by atoms with Gasteiger partial charge in [-0.1, -0.05) is 29.2 Å². The van der Waals surface area contributed by atoms with E-state index >= 15 is 0 Å². The van der Waals surface area contributed by atoms with Crippen molar-refractivity contribution in [3.05, 3.63) is 46.4 Å². The number of anilines is 1. The van der Waals surface area contributed by atoms with E-state index in [9.17, 15) is 9.59 Å². The first-order chi connectivity index (χ1) is 10.6. The largest absolute Gasteiger partial charge is 0.301 e. The minimum atomic E-state index is -0.237. The molecule has 0 unspecified atom stereocenters. The van der Waals surface area contributed by atoms with Gasteiger partial charge in [0.1, 0.15) is 0 Å². The third-order valence-corrected chi connectivity index (χ3v) is 4.60. The van der Waals surface area contributed by atoms with Gasteiger partial charge in [-0.15, -0.1) is 0 Å². The normalized spacial score (nSPS) is 10.8. The Morgan fingerprint density at radius 3 is 3.09 bits per heavy atom. The Morgan fingerprint density at radius 1 is 1.41 bits per heavy atom. The van der Waals surface area contributed by atoms with Crippen LogP contribution in [0.25, 0.3) is 10.2 Å². The summed E-state index contributed by atoms with van der Waals surface area (Å²) in [7, 11) is 0. The van der Waals surface area contributed by atoms with Crippen LogP contribution in [0.2, 0.25) is 0 Å². The zero-order chi connectivity index (χ0) is 15.5. The number of aromatic amines is 1. The average molecular weight is 332 g/mol. The van der Waals surface area contributed by atoms with Crippen LogP contribution in [0.3, 0.4) is 0 Å². The van der Waals surface area contributed by atoms with E-state index in [4.69, 9.17) is 0 Å². The number of fused-ring (bicyclic) bond motifs is 1. The molecule has 0 atom stereocenters. The molecule has 22 heavy (non-hydrogen) atoms. The van der Waals surface area contributed by atoms with Crippen molar-refractivity contribution in [2.45, 2.75) is 12.1 Å². The molecule has 3 aromatic rings. The molecule has 1 aromatic carbocycles. The van der Waals surface area contributed by atoms with Gasteiger partial charge in [-0.05, 0) is 24.6 Å². The Morgan fingerprint density at radius 2 is 2.27 bits per heavy atom. The second-order valence-corrected chi connectivity index (χ2v) is 6.56. The van der Waals surface area contributed by atoms with Crippen molar-refractivity contribution in [2.24, 2.45) is 0 Å². The quantitative estimate of drug-likeness (QED) is 0.566. The van der Waals surface area contributed by atoms with Crippen molar-refractivity contribution in [3.8, 4) is 0 Å². The number of rotatable bonds is 4. The van der Waals surface area contributed by atoms with Crippen LogP contribution in [0.15, 0.2) is 40.4 Å². The summed E-state index contributed by atoms with van der Waals surface area (Å²) in [5.74, 6) is -0.0330. The Labute approximate surface area is 134 Å². The number of thioether (sulfide) groups is 1. The summed E-state index contributed by atoms with van der Waals surface area (Å²) in [6.45, 7) is 2.02. The molecule has 6 nitrogen and oxygen atoms in total. The van der Waals surface area contributed by atoms with Crippen LogP contribution in [0, 0.1) is 6.92 Å². The van der Waals surface area contributed by atoms with Crippen LogP contribution in [-0.2, 0) is 4.79 Å². The fourth-order valence-electron chi connectivity index (χ4n) is 1.80. The van der Waals surface area contributed by atoms with Gasteiger partial charge in [0.05, 0.1) is 16.0 Å². The Hall–Kier alpha value is -2.19. The van der Waals surface area contributed by atoms with Crippen LogP contribution in [0.4, 0.5) is 5.13 Å². The van der Waals surface area contributed by atoms with Crippen molar-refractivity contribution in [1.29, 1.82) is 0 Å².